The van der Waals surface area contributed by atoms with Crippen LogP contribution in [-0.4, -0.2) is 43.3 Å². The van der Waals surface area contributed by atoms with Gasteiger partial charge in [-0.05, 0) is 88.7 Å². The number of benzene rings is 3. The minimum Gasteiger partial charge on any atom is -0.350 e. The molecular formula is C29H32Cl2FN3O4S. The number of nitrogens with zero attached hydrogens (tertiary/aromatic N) is 2. The number of carbonyl (C=O) groups is 2. The van der Waals surface area contributed by atoms with Crippen LogP contribution in [0.3, 0.4) is 0 Å². The molecule has 0 aliphatic heterocycles. The topological polar surface area (TPSA) is 86.8 Å². The van der Waals surface area contributed by atoms with Crippen LogP contribution in [-0.2, 0) is 26.2 Å². The third-order valence-electron chi connectivity index (χ3n) is 6.00. The van der Waals surface area contributed by atoms with Crippen molar-refractivity contribution in [3.8, 4) is 0 Å². The van der Waals surface area contributed by atoms with Crippen LogP contribution in [0.25, 0.3) is 0 Å². The summed E-state index contributed by atoms with van der Waals surface area (Å²) in [6, 6.07) is 14.9. The zero-order valence-corrected chi connectivity index (χ0v) is 25.2. The monoisotopic (exact) mass is 607 g/mol. The van der Waals surface area contributed by atoms with Gasteiger partial charge in [0, 0.05) is 12.1 Å². The van der Waals surface area contributed by atoms with Crippen molar-refractivity contribution in [3.05, 3.63) is 93.7 Å². The van der Waals surface area contributed by atoms with Gasteiger partial charge in [-0.15, -0.1) is 0 Å². The van der Waals surface area contributed by atoms with Crippen LogP contribution in [0.15, 0.2) is 71.6 Å². The molecule has 40 heavy (non-hydrogen) atoms. The van der Waals surface area contributed by atoms with E-state index in [1.54, 1.807) is 49.4 Å². The number of anilines is 1. The Kier molecular flexibility index (Phi) is 9.87. The largest absolute Gasteiger partial charge is 0.350 e. The van der Waals surface area contributed by atoms with E-state index in [0.717, 1.165) is 34.1 Å². The summed E-state index contributed by atoms with van der Waals surface area (Å²) in [6.45, 7) is 8.22. The lowest BCUT2D eigenvalue weighted by molar-refractivity contribution is -0.140. The molecule has 0 saturated heterocycles. The molecule has 0 saturated carbocycles. The number of hydrogen-bond acceptors (Lipinski definition) is 4. The Morgan fingerprint density at radius 2 is 1.55 bits per heavy atom. The molecule has 0 aliphatic rings. The highest BCUT2D eigenvalue weighted by Crippen LogP contribution is 2.27. The normalized spacial score (nSPS) is 12.5. The van der Waals surface area contributed by atoms with Crippen molar-refractivity contribution in [1.29, 1.82) is 0 Å². The molecule has 1 N–H and O–H groups in total. The van der Waals surface area contributed by atoms with E-state index < -0.39 is 45.8 Å². The van der Waals surface area contributed by atoms with Gasteiger partial charge in [0.1, 0.15) is 18.4 Å². The second kappa shape index (κ2) is 12.6. The summed E-state index contributed by atoms with van der Waals surface area (Å²) in [5, 5.41) is 3.47. The zero-order chi connectivity index (χ0) is 29.8. The van der Waals surface area contributed by atoms with Gasteiger partial charge in [-0.1, -0.05) is 47.0 Å². The summed E-state index contributed by atoms with van der Waals surface area (Å²) < 4.78 is 42.0. The van der Waals surface area contributed by atoms with Crippen molar-refractivity contribution in [2.75, 3.05) is 10.8 Å². The Hall–Kier alpha value is -3.14. The average molecular weight is 609 g/mol. The molecule has 0 aromatic heterocycles. The average Bonchev–Trinajstić information content (AvgIpc) is 2.87. The predicted molar refractivity (Wildman–Crippen MR) is 156 cm³/mol. The van der Waals surface area contributed by atoms with Crippen LogP contribution >= 0.6 is 23.2 Å². The molecule has 0 fully saturated rings. The Labute approximate surface area is 244 Å². The second-order valence-corrected chi connectivity index (χ2v) is 13.2. The number of aryl methyl sites for hydroxylation is 1. The second-order valence-electron chi connectivity index (χ2n) is 10.5. The minimum absolute atomic E-state index is 0.0349. The fraction of sp³-hybridized carbons (Fsp3) is 0.310. The van der Waals surface area contributed by atoms with Crippen LogP contribution in [0.4, 0.5) is 10.1 Å². The van der Waals surface area contributed by atoms with E-state index in [9.17, 15) is 22.4 Å². The molecular weight excluding hydrogens is 576 g/mol. The molecule has 11 heteroatoms. The first-order valence-electron chi connectivity index (χ1n) is 12.5. The van der Waals surface area contributed by atoms with E-state index in [4.69, 9.17) is 23.2 Å². The lowest BCUT2D eigenvalue weighted by atomic mass is 10.1. The number of hydrogen-bond donors (Lipinski definition) is 1. The molecule has 7 nitrogen and oxygen atoms in total. The molecule has 0 radical (unpaired) electrons. The summed E-state index contributed by atoms with van der Waals surface area (Å²) in [7, 11) is -4.29. The third kappa shape index (κ3) is 7.96. The number of nitrogens with one attached hydrogen (secondary N) is 1. The third-order valence-corrected chi connectivity index (χ3v) is 8.53. The highest BCUT2D eigenvalue weighted by molar-refractivity contribution is 7.92. The standard InChI is InChI=1S/C29H32Cl2FN3O4S/c1-19-6-11-23(12-7-19)35(40(38,39)24-13-9-22(32)10-14-24)18-27(36)34(20(2)28(37)33-29(3,4)5)17-21-8-15-25(30)26(31)16-21/h6-16,20H,17-18H2,1-5H3,(H,33,37)/t20-/m1/s1. The molecule has 1 atom stereocenters. The van der Waals surface area contributed by atoms with Crippen molar-refractivity contribution in [1.82, 2.24) is 10.2 Å². The predicted octanol–water partition coefficient (Wildman–Crippen LogP) is 5.97. The van der Waals surface area contributed by atoms with E-state index in [2.05, 4.69) is 5.32 Å². The molecule has 2 amide bonds. The van der Waals surface area contributed by atoms with Crippen LogP contribution in [0.2, 0.25) is 10.0 Å². The number of rotatable bonds is 9. The van der Waals surface area contributed by atoms with Gasteiger partial charge in [0.25, 0.3) is 10.0 Å². The lowest BCUT2D eigenvalue weighted by Gasteiger charge is -2.33. The maximum atomic E-state index is 13.9. The fourth-order valence-corrected chi connectivity index (χ4v) is 5.60. The van der Waals surface area contributed by atoms with E-state index >= 15 is 0 Å². The number of carbonyl (C=O) groups excluding carboxylic acids is 2. The van der Waals surface area contributed by atoms with Crippen molar-refractivity contribution in [2.45, 2.75) is 57.6 Å². The van der Waals surface area contributed by atoms with Gasteiger partial charge in [-0.2, -0.15) is 0 Å². The van der Waals surface area contributed by atoms with Crippen LogP contribution < -0.4 is 9.62 Å². The van der Waals surface area contributed by atoms with E-state index in [-0.39, 0.29) is 22.2 Å². The van der Waals surface area contributed by atoms with Crippen molar-refractivity contribution < 1.29 is 22.4 Å². The SMILES string of the molecule is Cc1ccc(N(CC(=O)N(Cc2ccc(Cl)c(Cl)c2)[C@H](C)C(=O)NC(C)(C)C)S(=O)(=O)c2ccc(F)cc2)cc1. The molecule has 3 rings (SSSR count). The quantitative estimate of drug-likeness (QED) is 0.325. The first-order chi connectivity index (χ1) is 18.6. The zero-order valence-electron chi connectivity index (χ0n) is 22.9. The summed E-state index contributed by atoms with van der Waals surface area (Å²) >= 11 is 12.3. The first kappa shape index (κ1) is 31.4. The number of halogens is 3. The Balaban J connectivity index is 2.04. The van der Waals surface area contributed by atoms with E-state index in [1.165, 1.54) is 4.90 Å². The Bertz CT molecular complexity index is 1470. The van der Waals surface area contributed by atoms with Crippen molar-refractivity contribution in [3.63, 3.8) is 0 Å². The molecule has 3 aromatic rings. The lowest BCUT2D eigenvalue weighted by Crippen LogP contribution is -2.54. The van der Waals surface area contributed by atoms with Gasteiger partial charge in [-0.3, -0.25) is 13.9 Å². The van der Waals surface area contributed by atoms with Gasteiger partial charge in [0.2, 0.25) is 11.8 Å². The number of amides is 2. The molecule has 3 aromatic carbocycles. The molecule has 0 heterocycles. The summed E-state index contributed by atoms with van der Waals surface area (Å²) in [6.07, 6.45) is 0. The fourth-order valence-electron chi connectivity index (χ4n) is 3.86. The van der Waals surface area contributed by atoms with Crippen molar-refractivity contribution >= 4 is 50.7 Å². The minimum atomic E-state index is -4.29. The van der Waals surface area contributed by atoms with Gasteiger partial charge in [0.15, 0.2) is 0 Å². The molecule has 0 unspecified atom stereocenters. The van der Waals surface area contributed by atoms with Gasteiger partial charge in [-0.25, -0.2) is 12.8 Å². The molecule has 214 valence electrons. The van der Waals surface area contributed by atoms with Crippen LogP contribution in [0, 0.1) is 12.7 Å². The maximum absolute atomic E-state index is 13.9. The van der Waals surface area contributed by atoms with Crippen LogP contribution in [0.5, 0.6) is 0 Å². The summed E-state index contributed by atoms with van der Waals surface area (Å²) in [5.41, 5.74) is 1.16. The highest BCUT2D eigenvalue weighted by Gasteiger charge is 2.33. The van der Waals surface area contributed by atoms with Gasteiger partial charge < -0.3 is 10.2 Å². The smallest absolute Gasteiger partial charge is 0.264 e. The van der Waals surface area contributed by atoms with Crippen molar-refractivity contribution in [2.24, 2.45) is 0 Å². The van der Waals surface area contributed by atoms with Gasteiger partial charge in [0.05, 0.1) is 20.6 Å². The highest BCUT2D eigenvalue weighted by atomic mass is 35.5. The van der Waals surface area contributed by atoms with E-state index in [1.807, 2.05) is 27.7 Å². The Morgan fingerprint density at radius 3 is 2.10 bits per heavy atom. The number of sulfonamides is 1. The molecule has 0 bridgehead atoms. The summed E-state index contributed by atoms with van der Waals surface area (Å²) in [4.78, 5) is 28.2. The van der Waals surface area contributed by atoms with Gasteiger partial charge >= 0.3 is 0 Å². The first-order valence-corrected chi connectivity index (χ1v) is 14.7. The van der Waals surface area contributed by atoms with E-state index in [0.29, 0.717) is 10.6 Å². The molecule has 0 spiro atoms. The Morgan fingerprint density at radius 1 is 0.950 bits per heavy atom. The van der Waals surface area contributed by atoms with Crippen LogP contribution in [0.1, 0.15) is 38.8 Å². The molecule has 0 aliphatic carbocycles. The maximum Gasteiger partial charge on any atom is 0.264 e. The summed E-state index contributed by atoms with van der Waals surface area (Å²) in [5.74, 6) is -1.64.